The summed E-state index contributed by atoms with van der Waals surface area (Å²) in [6.07, 6.45) is 0. The molecule has 2 aromatic rings. The normalized spacial score (nSPS) is 11.3. The summed E-state index contributed by atoms with van der Waals surface area (Å²) in [6, 6.07) is 11.0. The van der Waals surface area contributed by atoms with E-state index in [2.05, 4.69) is 15.6 Å². The maximum atomic E-state index is 12.8. The smallest absolute Gasteiger partial charge is 0.387 e. The van der Waals surface area contributed by atoms with Crippen molar-refractivity contribution in [1.82, 2.24) is 10.6 Å². The van der Waals surface area contributed by atoms with Crippen LogP contribution in [0.1, 0.15) is 23.6 Å². The summed E-state index contributed by atoms with van der Waals surface area (Å²) in [5.41, 5.74) is 2.66. The Kier molecular flexibility index (Phi) is 8.51. The Morgan fingerprint density at radius 2 is 1.90 bits per heavy atom. The third-order valence-electron chi connectivity index (χ3n) is 4.04. The van der Waals surface area contributed by atoms with E-state index in [0.717, 1.165) is 16.9 Å². The van der Waals surface area contributed by atoms with E-state index in [1.807, 2.05) is 25.1 Å². The van der Waals surface area contributed by atoms with Gasteiger partial charge in [-0.2, -0.15) is 8.78 Å². The molecule has 0 unspecified atom stereocenters. The first kappa shape index (κ1) is 22.3. The Balaban J connectivity index is 2.05. The van der Waals surface area contributed by atoms with Gasteiger partial charge in [-0.15, -0.1) is 0 Å². The fraction of sp³-hybridized carbons (Fsp3) is 0.381. The van der Waals surface area contributed by atoms with E-state index in [4.69, 9.17) is 14.2 Å². The van der Waals surface area contributed by atoms with E-state index in [-0.39, 0.29) is 18.0 Å². The molecule has 8 heteroatoms. The van der Waals surface area contributed by atoms with Crippen LogP contribution in [-0.4, -0.2) is 33.3 Å². The van der Waals surface area contributed by atoms with Gasteiger partial charge in [0.15, 0.2) is 17.5 Å². The van der Waals surface area contributed by atoms with Gasteiger partial charge in [-0.05, 0) is 43.2 Å². The highest BCUT2D eigenvalue weighted by molar-refractivity contribution is 5.79. The number of ether oxygens (including phenoxy) is 3. The number of para-hydroxylation sites is 1. The molecule has 0 amide bonds. The van der Waals surface area contributed by atoms with Crippen molar-refractivity contribution in [3.05, 3.63) is 53.1 Å². The monoisotopic (exact) mass is 407 g/mol. The molecule has 0 aliphatic rings. The van der Waals surface area contributed by atoms with Gasteiger partial charge in [-0.3, -0.25) is 4.99 Å². The van der Waals surface area contributed by atoms with Gasteiger partial charge in [-0.25, -0.2) is 0 Å². The first-order valence-electron chi connectivity index (χ1n) is 9.25. The van der Waals surface area contributed by atoms with Gasteiger partial charge >= 0.3 is 6.61 Å². The number of methoxy groups -OCH3 is 1. The Morgan fingerprint density at radius 1 is 1.14 bits per heavy atom. The van der Waals surface area contributed by atoms with Crippen molar-refractivity contribution >= 4 is 5.96 Å². The molecular formula is C21H27F2N3O3. The maximum absolute atomic E-state index is 12.8. The molecule has 0 radical (unpaired) electrons. The number of rotatable bonds is 9. The third kappa shape index (κ3) is 6.81. The van der Waals surface area contributed by atoms with Crippen LogP contribution in [0, 0.1) is 6.92 Å². The van der Waals surface area contributed by atoms with Crippen molar-refractivity contribution in [3.63, 3.8) is 0 Å². The molecule has 2 N–H and O–H groups in total. The lowest BCUT2D eigenvalue weighted by Gasteiger charge is -2.17. The molecule has 2 rings (SSSR count). The van der Waals surface area contributed by atoms with E-state index in [9.17, 15) is 8.78 Å². The van der Waals surface area contributed by atoms with Crippen LogP contribution in [0.15, 0.2) is 41.4 Å². The van der Waals surface area contributed by atoms with Crippen LogP contribution in [-0.2, 0) is 13.1 Å². The summed E-state index contributed by atoms with van der Waals surface area (Å²) >= 11 is 0. The minimum Gasteiger partial charge on any atom is -0.497 e. The van der Waals surface area contributed by atoms with Crippen LogP contribution in [0.5, 0.6) is 17.2 Å². The molecule has 0 aromatic heterocycles. The predicted molar refractivity (Wildman–Crippen MR) is 109 cm³/mol. The number of halogens is 2. The quantitative estimate of drug-likeness (QED) is 0.488. The first-order valence-corrected chi connectivity index (χ1v) is 9.25. The van der Waals surface area contributed by atoms with Crippen LogP contribution >= 0.6 is 0 Å². The van der Waals surface area contributed by atoms with E-state index in [1.54, 1.807) is 39.3 Å². The summed E-state index contributed by atoms with van der Waals surface area (Å²) in [5, 5.41) is 6.31. The molecule has 0 spiro atoms. The molecule has 6 nitrogen and oxygen atoms in total. The van der Waals surface area contributed by atoms with Crippen molar-refractivity contribution in [2.24, 2.45) is 4.99 Å². The maximum Gasteiger partial charge on any atom is 0.387 e. The van der Waals surface area contributed by atoms with Crippen LogP contribution < -0.4 is 24.8 Å². The molecule has 2 aromatic carbocycles. The average molecular weight is 407 g/mol. The van der Waals surface area contributed by atoms with Gasteiger partial charge < -0.3 is 24.8 Å². The fourth-order valence-corrected chi connectivity index (χ4v) is 2.82. The SMILES string of the molecule is CCOc1cccc(CNC(=NC)NCc2cc(C)cc(OC)c2)c1OC(F)F. The third-order valence-corrected chi connectivity index (χ3v) is 4.04. The Morgan fingerprint density at radius 3 is 2.55 bits per heavy atom. The average Bonchev–Trinajstić information content (AvgIpc) is 2.69. The number of nitrogens with one attached hydrogen (secondary N) is 2. The topological polar surface area (TPSA) is 64.1 Å². The van der Waals surface area contributed by atoms with E-state index in [0.29, 0.717) is 24.7 Å². The van der Waals surface area contributed by atoms with Crippen molar-refractivity contribution in [2.45, 2.75) is 33.5 Å². The summed E-state index contributed by atoms with van der Waals surface area (Å²) in [5.74, 6) is 1.61. The van der Waals surface area contributed by atoms with Crippen LogP contribution in [0.2, 0.25) is 0 Å². The highest BCUT2D eigenvalue weighted by Gasteiger charge is 2.16. The zero-order chi connectivity index (χ0) is 21.2. The molecule has 0 bridgehead atoms. The van der Waals surface area contributed by atoms with E-state index in [1.165, 1.54) is 0 Å². The number of aryl methyl sites for hydroxylation is 1. The summed E-state index contributed by atoms with van der Waals surface area (Å²) in [6.45, 7) is 1.94. The van der Waals surface area contributed by atoms with Gasteiger partial charge in [0.25, 0.3) is 0 Å². The lowest BCUT2D eigenvalue weighted by molar-refractivity contribution is -0.0520. The largest absolute Gasteiger partial charge is 0.497 e. The highest BCUT2D eigenvalue weighted by atomic mass is 19.3. The lowest BCUT2D eigenvalue weighted by atomic mass is 10.1. The zero-order valence-electron chi connectivity index (χ0n) is 17.1. The number of benzene rings is 2. The van der Waals surface area contributed by atoms with Gasteiger partial charge in [0.1, 0.15) is 5.75 Å². The number of alkyl halides is 2. The number of nitrogens with zero attached hydrogens (tertiary/aromatic N) is 1. The molecule has 0 heterocycles. The molecule has 0 atom stereocenters. The van der Waals surface area contributed by atoms with Gasteiger partial charge in [0, 0.05) is 25.7 Å². The second-order valence-corrected chi connectivity index (χ2v) is 6.19. The number of hydrogen-bond acceptors (Lipinski definition) is 4. The standard InChI is InChI=1S/C21H27F2N3O3/c1-5-28-18-8-6-7-16(19(18)29-20(22)23)13-26-21(24-3)25-12-15-9-14(2)10-17(11-15)27-4/h6-11,20H,5,12-13H2,1-4H3,(H2,24,25,26). The van der Waals surface area contributed by atoms with Gasteiger partial charge in [0.2, 0.25) is 0 Å². The number of aliphatic imine (C=N–C) groups is 1. The molecule has 0 fully saturated rings. The number of hydrogen-bond donors (Lipinski definition) is 2. The molecule has 0 aliphatic carbocycles. The Hall–Kier alpha value is -3.03. The highest BCUT2D eigenvalue weighted by Crippen LogP contribution is 2.32. The molecule has 0 saturated heterocycles. The van der Waals surface area contributed by atoms with Crippen molar-refractivity contribution in [2.75, 3.05) is 20.8 Å². The second-order valence-electron chi connectivity index (χ2n) is 6.19. The fourth-order valence-electron chi connectivity index (χ4n) is 2.82. The van der Waals surface area contributed by atoms with Crippen LogP contribution in [0.3, 0.4) is 0 Å². The molecule has 0 saturated carbocycles. The van der Waals surface area contributed by atoms with Crippen molar-refractivity contribution < 1.29 is 23.0 Å². The van der Waals surface area contributed by atoms with Gasteiger partial charge in [0.05, 0.1) is 13.7 Å². The zero-order valence-corrected chi connectivity index (χ0v) is 17.1. The molecular weight excluding hydrogens is 380 g/mol. The van der Waals surface area contributed by atoms with E-state index < -0.39 is 6.61 Å². The first-order chi connectivity index (χ1) is 14.0. The molecule has 158 valence electrons. The van der Waals surface area contributed by atoms with Crippen molar-refractivity contribution in [1.29, 1.82) is 0 Å². The Labute approximate surface area is 169 Å². The second kappa shape index (κ2) is 11.1. The van der Waals surface area contributed by atoms with Crippen molar-refractivity contribution in [3.8, 4) is 17.2 Å². The lowest BCUT2D eigenvalue weighted by Crippen LogP contribution is -2.36. The summed E-state index contributed by atoms with van der Waals surface area (Å²) < 4.78 is 41.1. The molecule has 0 aliphatic heterocycles. The molecule has 29 heavy (non-hydrogen) atoms. The predicted octanol–water partition coefficient (Wildman–Crippen LogP) is 3.87. The number of guanidine groups is 1. The minimum atomic E-state index is -2.94. The summed E-state index contributed by atoms with van der Waals surface area (Å²) in [4.78, 5) is 4.18. The Bertz CT molecular complexity index is 829. The summed E-state index contributed by atoms with van der Waals surface area (Å²) in [7, 11) is 3.27. The van der Waals surface area contributed by atoms with Crippen LogP contribution in [0.25, 0.3) is 0 Å². The van der Waals surface area contributed by atoms with Crippen LogP contribution in [0.4, 0.5) is 8.78 Å². The van der Waals surface area contributed by atoms with Gasteiger partial charge in [-0.1, -0.05) is 18.2 Å². The minimum absolute atomic E-state index is 0.0238. The van der Waals surface area contributed by atoms with E-state index >= 15 is 0 Å².